The molecule has 1 atom stereocenters. The SMILES string of the molecule is CCc1c(C(=O)Nc2ccc3c(c2)CN(C2CCC(=O)NC2=O)C3=O)[nH]c2c(CNC(C)=O)cccc12. The van der Waals surface area contributed by atoms with Crippen molar-refractivity contribution in [2.75, 3.05) is 5.32 Å². The predicted molar refractivity (Wildman–Crippen MR) is 136 cm³/mol. The van der Waals surface area contributed by atoms with Crippen LogP contribution >= 0.6 is 0 Å². The van der Waals surface area contributed by atoms with Gasteiger partial charge in [-0.1, -0.05) is 25.1 Å². The number of hydrogen-bond donors (Lipinski definition) is 4. The fraction of sp³-hybridized carbons (Fsp3) is 0.296. The van der Waals surface area contributed by atoms with E-state index in [4.69, 9.17) is 0 Å². The van der Waals surface area contributed by atoms with Gasteiger partial charge in [-0.05, 0) is 47.7 Å². The zero-order chi connectivity index (χ0) is 26.3. The van der Waals surface area contributed by atoms with E-state index in [1.165, 1.54) is 11.8 Å². The molecule has 1 unspecified atom stereocenters. The number of anilines is 1. The third-order valence-electron chi connectivity index (χ3n) is 6.92. The van der Waals surface area contributed by atoms with Crippen LogP contribution in [0.1, 0.15) is 64.2 Å². The number of hydrogen-bond acceptors (Lipinski definition) is 5. The number of carbonyl (C=O) groups is 5. The fourth-order valence-electron chi connectivity index (χ4n) is 5.11. The van der Waals surface area contributed by atoms with Gasteiger partial charge in [-0.3, -0.25) is 29.3 Å². The lowest BCUT2D eigenvalue weighted by atomic mass is 10.0. The Balaban J connectivity index is 1.37. The molecule has 10 nitrogen and oxygen atoms in total. The Morgan fingerprint density at radius 1 is 1.14 bits per heavy atom. The van der Waals surface area contributed by atoms with Crippen molar-refractivity contribution in [3.8, 4) is 0 Å². The largest absolute Gasteiger partial charge is 0.352 e. The molecule has 1 saturated heterocycles. The third kappa shape index (κ3) is 4.46. The van der Waals surface area contributed by atoms with Crippen LogP contribution in [0.3, 0.4) is 0 Å². The number of para-hydroxylation sites is 1. The second kappa shape index (κ2) is 9.53. The van der Waals surface area contributed by atoms with Crippen molar-refractivity contribution >= 4 is 46.1 Å². The molecular weight excluding hydrogens is 474 g/mol. The quantitative estimate of drug-likeness (QED) is 0.384. The van der Waals surface area contributed by atoms with Crippen LogP contribution in [0.15, 0.2) is 36.4 Å². The van der Waals surface area contributed by atoms with E-state index < -0.39 is 11.9 Å². The topological polar surface area (TPSA) is 140 Å². The Bertz CT molecular complexity index is 1470. The summed E-state index contributed by atoms with van der Waals surface area (Å²) in [5.41, 5.74) is 4.71. The molecule has 5 amide bonds. The first-order valence-corrected chi connectivity index (χ1v) is 12.2. The number of imide groups is 1. The zero-order valence-corrected chi connectivity index (χ0v) is 20.6. The summed E-state index contributed by atoms with van der Waals surface area (Å²) in [4.78, 5) is 66.1. The van der Waals surface area contributed by atoms with Gasteiger partial charge < -0.3 is 20.5 Å². The number of aryl methyl sites for hydroxylation is 1. The van der Waals surface area contributed by atoms with Gasteiger partial charge in [0.1, 0.15) is 11.7 Å². The van der Waals surface area contributed by atoms with Crippen molar-refractivity contribution in [1.82, 2.24) is 20.5 Å². The van der Waals surface area contributed by atoms with E-state index in [0.29, 0.717) is 35.5 Å². The van der Waals surface area contributed by atoms with Crippen LogP contribution in [0.25, 0.3) is 10.9 Å². The number of piperidine rings is 1. The third-order valence-corrected chi connectivity index (χ3v) is 6.92. The Labute approximate surface area is 212 Å². The van der Waals surface area contributed by atoms with Gasteiger partial charge in [0.2, 0.25) is 17.7 Å². The average molecular weight is 502 g/mol. The summed E-state index contributed by atoms with van der Waals surface area (Å²) in [6.07, 6.45) is 1.11. The Morgan fingerprint density at radius 2 is 1.95 bits per heavy atom. The number of nitrogens with one attached hydrogen (secondary N) is 4. The number of nitrogens with zero attached hydrogens (tertiary/aromatic N) is 1. The molecule has 10 heteroatoms. The number of benzene rings is 2. The fourth-order valence-corrected chi connectivity index (χ4v) is 5.11. The second-order valence-corrected chi connectivity index (χ2v) is 9.31. The maximum Gasteiger partial charge on any atom is 0.272 e. The van der Waals surface area contributed by atoms with Crippen molar-refractivity contribution in [2.24, 2.45) is 0 Å². The van der Waals surface area contributed by atoms with E-state index >= 15 is 0 Å². The lowest BCUT2D eigenvalue weighted by Gasteiger charge is -2.29. The smallest absolute Gasteiger partial charge is 0.272 e. The Kier molecular flexibility index (Phi) is 6.24. The molecule has 0 radical (unpaired) electrons. The van der Waals surface area contributed by atoms with Crippen molar-refractivity contribution in [2.45, 2.75) is 52.2 Å². The summed E-state index contributed by atoms with van der Waals surface area (Å²) in [5.74, 6) is -1.51. The lowest BCUT2D eigenvalue weighted by molar-refractivity contribution is -0.137. The maximum atomic E-state index is 13.3. The van der Waals surface area contributed by atoms with Gasteiger partial charge in [0.05, 0.1) is 5.52 Å². The highest BCUT2D eigenvalue weighted by Crippen LogP contribution is 2.31. The van der Waals surface area contributed by atoms with Gasteiger partial charge in [0.25, 0.3) is 11.8 Å². The van der Waals surface area contributed by atoms with Crippen LogP contribution in [0.2, 0.25) is 0 Å². The minimum absolute atomic E-state index is 0.136. The molecule has 0 bridgehead atoms. The van der Waals surface area contributed by atoms with E-state index in [2.05, 4.69) is 20.9 Å². The molecule has 3 aromatic rings. The van der Waals surface area contributed by atoms with Crippen molar-refractivity contribution in [3.05, 3.63) is 64.3 Å². The molecule has 2 aliphatic heterocycles. The summed E-state index contributed by atoms with van der Waals surface area (Å²) in [5, 5.41) is 8.94. The summed E-state index contributed by atoms with van der Waals surface area (Å²) < 4.78 is 0. The van der Waals surface area contributed by atoms with Crippen molar-refractivity contribution in [3.63, 3.8) is 0 Å². The molecule has 0 saturated carbocycles. The molecule has 5 rings (SSSR count). The normalized spacial score (nSPS) is 17.1. The van der Waals surface area contributed by atoms with E-state index in [-0.39, 0.29) is 43.0 Å². The molecule has 4 N–H and O–H groups in total. The first kappa shape index (κ1) is 24.2. The summed E-state index contributed by atoms with van der Waals surface area (Å²) in [6.45, 7) is 4.01. The second-order valence-electron chi connectivity index (χ2n) is 9.31. The Hall–Kier alpha value is -4.47. The van der Waals surface area contributed by atoms with Crippen LogP contribution in [0.5, 0.6) is 0 Å². The van der Waals surface area contributed by atoms with E-state index in [1.807, 2.05) is 25.1 Å². The van der Waals surface area contributed by atoms with Crippen LogP contribution in [0.4, 0.5) is 5.69 Å². The van der Waals surface area contributed by atoms with Crippen LogP contribution in [-0.2, 0) is 33.9 Å². The number of H-pyrrole nitrogens is 1. The number of carbonyl (C=O) groups excluding carboxylic acids is 5. The summed E-state index contributed by atoms with van der Waals surface area (Å²) >= 11 is 0. The predicted octanol–water partition coefficient (Wildman–Crippen LogP) is 2.38. The molecule has 37 heavy (non-hydrogen) atoms. The van der Waals surface area contributed by atoms with Crippen molar-refractivity contribution < 1.29 is 24.0 Å². The van der Waals surface area contributed by atoms with Crippen LogP contribution < -0.4 is 16.0 Å². The van der Waals surface area contributed by atoms with Gasteiger partial charge in [-0.25, -0.2) is 0 Å². The summed E-state index contributed by atoms with van der Waals surface area (Å²) in [6, 6.07) is 10.1. The molecule has 0 aliphatic carbocycles. The maximum absolute atomic E-state index is 13.3. The molecule has 190 valence electrons. The number of aromatic nitrogens is 1. The van der Waals surface area contributed by atoms with Gasteiger partial charge in [-0.15, -0.1) is 0 Å². The van der Waals surface area contributed by atoms with Gasteiger partial charge in [-0.2, -0.15) is 0 Å². The molecule has 2 aliphatic rings. The van der Waals surface area contributed by atoms with E-state index in [9.17, 15) is 24.0 Å². The van der Waals surface area contributed by atoms with Crippen LogP contribution in [0, 0.1) is 0 Å². The van der Waals surface area contributed by atoms with Gasteiger partial charge >= 0.3 is 0 Å². The minimum Gasteiger partial charge on any atom is -0.352 e. The first-order chi connectivity index (χ1) is 17.8. The van der Waals surface area contributed by atoms with E-state index in [0.717, 1.165) is 22.0 Å². The van der Waals surface area contributed by atoms with Gasteiger partial charge in [0.15, 0.2) is 0 Å². The molecule has 2 aromatic carbocycles. The standard InChI is InChI=1S/C27H27N5O5/c1-3-18-20-6-4-5-15(12-28-14(2)33)23(20)31-24(18)26(36)29-17-7-8-19-16(11-17)13-32(27(19)37)21-9-10-22(34)30-25(21)35/h4-8,11,21,31H,3,9-10,12-13H2,1-2H3,(H,28,33)(H,29,36)(H,30,34,35). The first-order valence-electron chi connectivity index (χ1n) is 12.2. The molecular formula is C27H27N5O5. The minimum atomic E-state index is -0.694. The molecule has 3 heterocycles. The zero-order valence-electron chi connectivity index (χ0n) is 20.6. The Morgan fingerprint density at radius 3 is 2.68 bits per heavy atom. The number of aromatic amines is 1. The highest BCUT2D eigenvalue weighted by molar-refractivity contribution is 6.09. The highest BCUT2D eigenvalue weighted by Gasteiger charge is 2.39. The van der Waals surface area contributed by atoms with E-state index in [1.54, 1.807) is 18.2 Å². The number of fused-ring (bicyclic) bond motifs is 2. The lowest BCUT2D eigenvalue weighted by Crippen LogP contribution is -2.52. The molecule has 0 spiro atoms. The molecule has 1 aromatic heterocycles. The van der Waals surface area contributed by atoms with Crippen LogP contribution in [-0.4, -0.2) is 45.5 Å². The number of rotatable bonds is 6. The monoisotopic (exact) mass is 501 g/mol. The number of amides is 5. The highest BCUT2D eigenvalue weighted by atomic mass is 16.2. The summed E-state index contributed by atoms with van der Waals surface area (Å²) in [7, 11) is 0. The molecule has 1 fully saturated rings. The van der Waals surface area contributed by atoms with Gasteiger partial charge in [0, 0.05) is 43.1 Å². The van der Waals surface area contributed by atoms with Crippen molar-refractivity contribution in [1.29, 1.82) is 0 Å². The average Bonchev–Trinajstić information content (AvgIpc) is 3.40.